The number of carbonyl (C=O) groups is 2. The van der Waals surface area contributed by atoms with Gasteiger partial charge in [-0.1, -0.05) is 12.1 Å². The van der Waals surface area contributed by atoms with Crippen molar-refractivity contribution in [2.75, 3.05) is 23.4 Å². The zero-order chi connectivity index (χ0) is 22.4. The highest BCUT2D eigenvalue weighted by Gasteiger charge is 2.29. The Labute approximate surface area is 176 Å². The van der Waals surface area contributed by atoms with Gasteiger partial charge in [0.1, 0.15) is 11.8 Å². The lowest BCUT2D eigenvalue weighted by molar-refractivity contribution is -0.153. The molecule has 0 radical (unpaired) electrons. The first-order valence-electron chi connectivity index (χ1n) is 9.38. The molecule has 0 unspecified atom stereocenters. The molecule has 2 aromatic rings. The summed E-state index contributed by atoms with van der Waals surface area (Å²) in [4.78, 5) is 25.6. The highest BCUT2D eigenvalue weighted by atomic mass is 19.4. The van der Waals surface area contributed by atoms with Gasteiger partial charge in [-0.3, -0.25) is 9.59 Å². The first kappa shape index (κ1) is 21.9. The molecular weight excluding hydrogens is 411 g/mol. The van der Waals surface area contributed by atoms with Crippen molar-refractivity contribution in [3.05, 3.63) is 59.7 Å². The number of anilines is 2. The van der Waals surface area contributed by atoms with Crippen LogP contribution in [-0.4, -0.2) is 31.1 Å². The Hall–Kier alpha value is -3.80. The molecule has 2 aromatic carbocycles. The van der Waals surface area contributed by atoms with Crippen molar-refractivity contribution in [2.24, 2.45) is 0 Å². The standard InChI is InChI=1S/C22H18F3N3O3/c23-22(24,25)14-31-19-9-6-17(12-16(19)13-26)27-20(29)10-5-15-3-7-18(8-4-15)28-11-1-2-21(28)30/h3-10,12H,1-2,11,14H2,(H,27,29)/b10-5+. The van der Waals surface area contributed by atoms with E-state index >= 15 is 0 Å². The summed E-state index contributed by atoms with van der Waals surface area (Å²) in [6.45, 7) is -0.817. The Morgan fingerprint density at radius 2 is 1.97 bits per heavy atom. The lowest BCUT2D eigenvalue weighted by Gasteiger charge is -2.15. The van der Waals surface area contributed by atoms with Crippen molar-refractivity contribution in [1.29, 1.82) is 5.26 Å². The molecular formula is C22H18F3N3O3. The number of hydrogen-bond acceptors (Lipinski definition) is 4. The third kappa shape index (κ3) is 6.09. The van der Waals surface area contributed by atoms with E-state index in [2.05, 4.69) is 10.1 Å². The summed E-state index contributed by atoms with van der Waals surface area (Å²) in [6, 6.07) is 12.7. The number of nitriles is 1. The second-order valence-corrected chi connectivity index (χ2v) is 6.79. The predicted molar refractivity (Wildman–Crippen MR) is 108 cm³/mol. The average Bonchev–Trinajstić information content (AvgIpc) is 3.17. The molecule has 9 heteroatoms. The third-order valence-corrected chi connectivity index (χ3v) is 4.46. The van der Waals surface area contributed by atoms with E-state index in [1.54, 1.807) is 41.3 Å². The van der Waals surface area contributed by atoms with E-state index < -0.39 is 18.7 Å². The number of halogens is 3. The quantitative estimate of drug-likeness (QED) is 0.695. The van der Waals surface area contributed by atoms with Gasteiger partial charge in [-0.25, -0.2) is 0 Å². The van der Waals surface area contributed by atoms with E-state index in [-0.39, 0.29) is 22.9 Å². The number of nitrogens with one attached hydrogen (secondary N) is 1. The van der Waals surface area contributed by atoms with E-state index in [0.29, 0.717) is 13.0 Å². The maximum atomic E-state index is 12.3. The Morgan fingerprint density at radius 3 is 2.58 bits per heavy atom. The van der Waals surface area contributed by atoms with Crippen LogP contribution in [0.15, 0.2) is 48.5 Å². The zero-order valence-electron chi connectivity index (χ0n) is 16.3. The molecule has 1 N–H and O–H groups in total. The minimum atomic E-state index is -4.52. The number of hydrogen-bond donors (Lipinski definition) is 1. The normalized spacial score (nSPS) is 14.0. The number of benzene rings is 2. The van der Waals surface area contributed by atoms with Crippen molar-refractivity contribution in [2.45, 2.75) is 19.0 Å². The molecule has 31 heavy (non-hydrogen) atoms. The van der Waals surface area contributed by atoms with Gasteiger partial charge in [0, 0.05) is 30.4 Å². The van der Waals surface area contributed by atoms with Gasteiger partial charge in [-0.2, -0.15) is 18.4 Å². The van der Waals surface area contributed by atoms with Crippen LogP contribution in [0.1, 0.15) is 24.0 Å². The molecule has 6 nitrogen and oxygen atoms in total. The van der Waals surface area contributed by atoms with Crippen LogP contribution in [0.2, 0.25) is 0 Å². The molecule has 1 fully saturated rings. The molecule has 0 spiro atoms. The van der Waals surface area contributed by atoms with Crippen molar-refractivity contribution in [3.63, 3.8) is 0 Å². The van der Waals surface area contributed by atoms with E-state index in [1.165, 1.54) is 24.3 Å². The van der Waals surface area contributed by atoms with Crippen molar-refractivity contribution < 1.29 is 27.5 Å². The van der Waals surface area contributed by atoms with E-state index in [4.69, 9.17) is 5.26 Å². The molecule has 160 valence electrons. The molecule has 1 saturated heterocycles. The lowest BCUT2D eigenvalue weighted by atomic mass is 10.1. The van der Waals surface area contributed by atoms with Crippen LogP contribution in [0.5, 0.6) is 5.75 Å². The van der Waals surface area contributed by atoms with Gasteiger partial charge in [-0.15, -0.1) is 0 Å². The first-order chi connectivity index (χ1) is 14.7. The summed E-state index contributed by atoms with van der Waals surface area (Å²) in [5.74, 6) is -0.606. The van der Waals surface area contributed by atoms with Gasteiger partial charge in [0.2, 0.25) is 11.8 Å². The largest absolute Gasteiger partial charge is 0.483 e. The third-order valence-electron chi connectivity index (χ3n) is 4.46. The first-order valence-corrected chi connectivity index (χ1v) is 9.38. The SMILES string of the molecule is N#Cc1cc(NC(=O)/C=C/c2ccc(N3CCCC3=O)cc2)ccc1OCC(F)(F)F. The second kappa shape index (κ2) is 9.34. The number of rotatable bonds is 6. The second-order valence-electron chi connectivity index (χ2n) is 6.79. The van der Waals surface area contributed by atoms with Crippen molar-refractivity contribution in [1.82, 2.24) is 0 Å². The van der Waals surface area contributed by atoms with E-state index in [9.17, 15) is 22.8 Å². The van der Waals surface area contributed by atoms with Crippen LogP contribution in [0.3, 0.4) is 0 Å². The van der Waals surface area contributed by atoms with Gasteiger partial charge in [0.15, 0.2) is 6.61 Å². The maximum Gasteiger partial charge on any atom is 0.422 e. The summed E-state index contributed by atoms with van der Waals surface area (Å²) >= 11 is 0. The number of ether oxygens (including phenoxy) is 1. The fraction of sp³-hybridized carbons (Fsp3) is 0.227. The monoisotopic (exact) mass is 429 g/mol. The van der Waals surface area contributed by atoms with E-state index in [1.807, 2.05) is 0 Å². The van der Waals surface area contributed by atoms with Crippen LogP contribution >= 0.6 is 0 Å². The van der Waals surface area contributed by atoms with Crippen LogP contribution in [-0.2, 0) is 9.59 Å². The molecule has 0 aromatic heterocycles. The number of carbonyl (C=O) groups excluding carboxylic acids is 2. The smallest absolute Gasteiger partial charge is 0.422 e. The van der Waals surface area contributed by atoms with Crippen LogP contribution in [0.25, 0.3) is 6.08 Å². The molecule has 1 heterocycles. The van der Waals surface area contributed by atoms with Gasteiger partial charge in [0.25, 0.3) is 0 Å². The topological polar surface area (TPSA) is 82.4 Å². The van der Waals surface area contributed by atoms with Crippen LogP contribution in [0.4, 0.5) is 24.5 Å². The predicted octanol–water partition coefficient (Wildman–Crippen LogP) is 4.28. The molecule has 1 aliphatic rings. The fourth-order valence-corrected chi connectivity index (χ4v) is 3.02. The average molecular weight is 429 g/mol. The lowest BCUT2D eigenvalue weighted by Crippen LogP contribution is -2.23. The van der Waals surface area contributed by atoms with Crippen LogP contribution in [0, 0.1) is 11.3 Å². The van der Waals surface area contributed by atoms with Gasteiger partial charge in [-0.05, 0) is 48.4 Å². The Morgan fingerprint density at radius 1 is 1.23 bits per heavy atom. The van der Waals surface area contributed by atoms with Gasteiger partial charge >= 0.3 is 6.18 Å². The van der Waals surface area contributed by atoms with Gasteiger partial charge < -0.3 is 15.0 Å². The highest BCUT2D eigenvalue weighted by Crippen LogP contribution is 2.25. The Bertz CT molecular complexity index is 1040. The highest BCUT2D eigenvalue weighted by molar-refractivity contribution is 6.02. The van der Waals surface area contributed by atoms with Crippen LogP contribution < -0.4 is 15.0 Å². The molecule has 3 rings (SSSR count). The Balaban J connectivity index is 1.60. The Kier molecular flexibility index (Phi) is 6.60. The number of alkyl halides is 3. The van der Waals surface area contributed by atoms with E-state index in [0.717, 1.165) is 17.7 Å². The molecule has 0 aliphatic carbocycles. The zero-order valence-corrected chi connectivity index (χ0v) is 16.3. The molecule has 0 atom stereocenters. The summed E-state index contributed by atoms with van der Waals surface area (Å²) < 4.78 is 41.5. The summed E-state index contributed by atoms with van der Waals surface area (Å²) in [7, 11) is 0. The van der Waals surface area contributed by atoms with Crippen molar-refractivity contribution in [3.8, 4) is 11.8 Å². The summed E-state index contributed by atoms with van der Waals surface area (Å²) in [6.07, 6.45) is -0.270. The minimum Gasteiger partial charge on any atom is -0.483 e. The number of amides is 2. The summed E-state index contributed by atoms with van der Waals surface area (Å²) in [5, 5.41) is 11.7. The fourth-order valence-electron chi connectivity index (χ4n) is 3.02. The van der Waals surface area contributed by atoms with Crippen molar-refractivity contribution >= 4 is 29.3 Å². The molecule has 0 bridgehead atoms. The molecule has 2 amide bonds. The minimum absolute atomic E-state index is 0.0919. The summed E-state index contributed by atoms with van der Waals surface area (Å²) in [5.41, 5.74) is 1.67. The van der Waals surface area contributed by atoms with Gasteiger partial charge in [0.05, 0.1) is 5.56 Å². The molecule has 0 saturated carbocycles. The molecule has 1 aliphatic heterocycles. The number of nitrogens with zero attached hydrogens (tertiary/aromatic N) is 2. The maximum absolute atomic E-state index is 12.3.